The fraction of sp³-hybridized carbons (Fsp3) is 0.688. The van der Waals surface area contributed by atoms with E-state index < -0.39 is 12.2 Å². The van der Waals surface area contributed by atoms with Crippen LogP contribution in [0.25, 0.3) is 0 Å². The summed E-state index contributed by atoms with van der Waals surface area (Å²) in [4.78, 5) is 0. The number of rotatable bonds is 10. The summed E-state index contributed by atoms with van der Waals surface area (Å²) in [6.07, 6.45) is 17.5. The van der Waals surface area contributed by atoms with Gasteiger partial charge in [-0.25, -0.2) is 0 Å². The third-order valence-corrected chi connectivity index (χ3v) is 7.18. The molecule has 0 saturated heterocycles. The molecule has 35 heavy (non-hydrogen) atoms. The highest BCUT2D eigenvalue weighted by atomic mass is 16.5. The third kappa shape index (κ3) is 9.52. The maximum absolute atomic E-state index is 11.2. The van der Waals surface area contributed by atoms with Crippen molar-refractivity contribution in [2.75, 3.05) is 7.11 Å². The van der Waals surface area contributed by atoms with E-state index in [0.29, 0.717) is 5.41 Å². The molecule has 2 atom stereocenters. The summed E-state index contributed by atoms with van der Waals surface area (Å²) in [5.74, 6) is 0. The van der Waals surface area contributed by atoms with E-state index in [1.807, 2.05) is 12.2 Å². The van der Waals surface area contributed by atoms with Crippen LogP contribution in [0.1, 0.15) is 101 Å². The van der Waals surface area contributed by atoms with Crippen molar-refractivity contribution in [3.8, 4) is 0 Å². The minimum Gasteiger partial charge on any atom is -0.384 e. The van der Waals surface area contributed by atoms with Crippen LogP contribution in [0.2, 0.25) is 0 Å². The monoisotopic (exact) mass is 484 g/mol. The lowest BCUT2D eigenvalue weighted by Crippen LogP contribution is -2.25. The first-order chi connectivity index (χ1) is 15.9. The van der Waals surface area contributed by atoms with Gasteiger partial charge in [0.15, 0.2) is 0 Å². The number of methoxy groups -OCH3 is 1. The Hall–Kier alpha value is -1.42. The largest absolute Gasteiger partial charge is 0.384 e. The normalized spacial score (nSPS) is 24.7. The summed E-state index contributed by atoms with van der Waals surface area (Å²) in [5.41, 5.74) is 3.94. The average molecular weight is 485 g/mol. The number of hydrogen-bond acceptors (Lipinski definition) is 3. The minimum absolute atomic E-state index is 0.103. The molecule has 2 rings (SSSR count). The van der Waals surface area contributed by atoms with Gasteiger partial charge >= 0.3 is 0 Å². The molecular weight excluding hydrogens is 432 g/mol. The second-order valence-corrected chi connectivity index (χ2v) is 13.7. The van der Waals surface area contributed by atoms with Crippen LogP contribution in [0, 0.1) is 16.2 Å². The Morgan fingerprint density at radius 1 is 0.743 bits per heavy atom. The molecule has 0 fully saturated rings. The summed E-state index contributed by atoms with van der Waals surface area (Å²) in [6.45, 7) is 19.8. The van der Waals surface area contributed by atoms with Gasteiger partial charge in [0.05, 0.1) is 17.8 Å². The van der Waals surface area contributed by atoms with Crippen molar-refractivity contribution in [3.05, 3.63) is 58.7 Å². The highest BCUT2D eigenvalue weighted by Crippen LogP contribution is 2.38. The summed E-state index contributed by atoms with van der Waals surface area (Å²) in [7, 11) is 1.75. The van der Waals surface area contributed by atoms with Crippen molar-refractivity contribution in [3.63, 3.8) is 0 Å². The molecule has 3 heteroatoms. The van der Waals surface area contributed by atoms with E-state index in [1.165, 1.54) is 0 Å². The van der Waals surface area contributed by atoms with Crippen molar-refractivity contribution >= 4 is 0 Å². The van der Waals surface area contributed by atoms with Crippen LogP contribution in [0.15, 0.2) is 58.7 Å². The van der Waals surface area contributed by atoms with Crippen LogP contribution in [0.4, 0.5) is 0 Å². The molecule has 0 saturated carbocycles. The van der Waals surface area contributed by atoms with Crippen molar-refractivity contribution in [2.45, 2.75) is 119 Å². The Morgan fingerprint density at radius 3 is 1.51 bits per heavy atom. The predicted octanol–water partition coefficient (Wildman–Crippen LogP) is 7.86. The predicted molar refractivity (Wildman–Crippen MR) is 149 cm³/mol. The van der Waals surface area contributed by atoms with Gasteiger partial charge in [0.25, 0.3) is 0 Å². The zero-order valence-electron chi connectivity index (χ0n) is 24.2. The molecule has 2 unspecified atom stereocenters. The average Bonchev–Trinajstić information content (AvgIpc) is 2.70. The fourth-order valence-electron chi connectivity index (χ4n) is 5.17. The summed E-state index contributed by atoms with van der Waals surface area (Å²) in [6, 6.07) is 0. The van der Waals surface area contributed by atoms with E-state index in [1.54, 1.807) is 7.11 Å². The summed E-state index contributed by atoms with van der Waals surface area (Å²) in [5, 5.41) is 22.3. The molecule has 0 spiro atoms. The van der Waals surface area contributed by atoms with Gasteiger partial charge in [-0.2, -0.15) is 0 Å². The molecule has 0 aromatic carbocycles. The molecular formula is C32H52O3. The van der Waals surface area contributed by atoms with Crippen LogP contribution in [0.3, 0.4) is 0 Å². The van der Waals surface area contributed by atoms with Gasteiger partial charge in [0, 0.05) is 17.9 Å². The molecule has 0 heterocycles. The van der Waals surface area contributed by atoms with E-state index in [2.05, 4.69) is 86.6 Å². The molecule has 2 N–H and O–H groups in total. The van der Waals surface area contributed by atoms with Gasteiger partial charge < -0.3 is 14.9 Å². The smallest absolute Gasteiger partial charge is 0.0998 e. The standard InChI is InChI=1S/C32H52O3/c1-29(2,3)17-11-13-23-19-30(4,5)21-25(27(23)33)15-16-26-22-31(6,7)20-24(28(26)34)14-12-18-32(8,9)35-10/h15-16,19-22,27-28,33-34H,11-14,17-18H2,1-10H3/b16-15-. The maximum atomic E-state index is 11.2. The molecule has 0 radical (unpaired) electrons. The lowest BCUT2D eigenvalue weighted by molar-refractivity contribution is 0.0137. The van der Waals surface area contributed by atoms with E-state index in [9.17, 15) is 10.2 Å². The summed E-state index contributed by atoms with van der Waals surface area (Å²) >= 11 is 0. The molecule has 3 nitrogen and oxygen atoms in total. The molecule has 0 amide bonds. The zero-order chi connectivity index (χ0) is 26.7. The molecule has 198 valence electrons. The lowest BCUT2D eigenvalue weighted by atomic mass is 9.76. The number of aliphatic hydroxyl groups excluding tert-OH is 2. The SMILES string of the molecule is COC(C)(C)CCCC1=CC(C)(C)C=C(/C=C\C2=CC(C)(C)C=C(CCCC(C)(C)C)C2O)C1O. The van der Waals surface area contributed by atoms with Crippen LogP contribution in [0.5, 0.6) is 0 Å². The molecule has 2 aliphatic rings. The van der Waals surface area contributed by atoms with E-state index in [-0.39, 0.29) is 16.4 Å². The van der Waals surface area contributed by atoms with Gasteiger partial charge in [-0.3, -0.25) is 0 Å². The first-order valence-electron chi connectivity index (χ1n) is 13.4. The van der Waals surface area contributed by atoms with Crippen molar-refractivity contribution < 1.29 is 14.9 Å². The Kier molecular flexibility index (Phi) is 9.64. The summed E-state index contributed by atoms with van der Waals surface area (Å²) < 4.78 is 5.56. The fourth-order valence-corrected chi connectivity index (χ4v) is 5.17. The molecule has 2 aliphatic carbocycles. The van der Waals surface area contributed by atoms with E-state index in [0.717, 1.165) is 60.8 Å². The van der Waals surface area contributed by atoms with E-state index in [4.69, 9.17) is 4.74 Å². The van der Waals surface area contributed by atoms with Gasteiger partial charge in [-0.15, -0.1) is 0 Å². The molecule has 0 aliphatic heterocycles. The quantitative estimate of drug-likeness (QED) is 0.310. The number of allylic oxidation sites excluding steroid dienone is 4. The van der Waals surface area contributed by atoms with Crippen LogP contribution in [-0.2, 0) is 4.74 Å². The van der Waals surface area contributed by atoms with Gasteiger partial charge in [-0.05, 0) is 80.1 Å². The minimum atomic E-state index is -0.610. The highest BCUT2D eigenvalue weighted by Gasteiger charge is 2.29. The highest BCUT2D eigenvalue weighted by molar-refractivity contribution is 5.45. The molecule has 0 aromatic heterocycles. The van der Waals surface area contributed by atoms with Crippen molar-refractivity contribution in [1.82, 2.24) is 0 Å². The van der Waals surface area contributed by atoms with Crippen LogP contribution < -0.4 is 0 Å². The van der Waals surface area contributed by atoms with Crippen LogP contribution in [-0.4, -0.2) is 35.1 Å². The molecule has 0 bridgehead atoms. The first-order valence-corrected chi connectivity index (χ1v) is 13.4. The number of aliphatic hydroxyl groups is 2. The second kappa shape index (κ2) is 11.3. The number of ether oxygens (including phenoxy) is 1. The van der Waals surface area contributed by atoms with Crippen molar-refractivity contribution in [2.24, 2.45) is 16.2 Å². The lowest BCUT2D eigenvalue weighted by Gasteiger charge is -2.31. The Bertz CT molecular complexity index is 884. The van der Waals surface area contributed by atoms with Crippen molar-refractivity contribution in [1.29, 1.82) is 0 Å². The van der Waals surface area contributed by atoms with Crippen LogP contribution >= 0.6 is 0 Å². The van der Waals surface area contributed by atoms with Gasteiger partial charge in [0.1, 0.15) is 0 Å². The first kappa shape index (κ1) is 29.8. The topological polar surface area (TPSA) is 49.7 Å². The number of hydrogen-bond donors (Lipinski definition) is 2. The Labute approximate surface area is 215 Å². The van der Waals surface area contributed by atoms with E-state index >= 15 is 0 Å². The zero-order valence-corrected chi connectivity index (χ0v) is 24.2. The third-order valence-electron chi connectivity index (χ3n) is 7.18. The van der Waals surface area contributed by atoms with Gasteiger partial charge in [0.2, 0.25) is 0 Å². The van der Waals surface area contributed by atoms with Gasteiger partial charge in [-0.1, -0.05) is 84.9 Å². The Morgan fingerprint density at radius 2 is 1.14 bits per heavy atom. The Balaban J connectivity index is 2.14. The molecule has 0 aromatic rings. The second-order valence-electron chi connectivity index (χ2n) is 13.7. The maximum Gasteiger partial charge on any atom is 0.0998 e.